The Morgan fingerprint density at radius 2 is 1.53 bits per heavy atom. The van der Waals surface area contributed by atoms with E-state index in [0.29, 0.717) is 6.42 Å². The van der Waals surface area contributed by atoms with Crippen LogP contribution in [0.5, 0.6) is 0 Å². The Bertz CT molecular complexity index is 1330. The molecule has 7 nitrogen and oxygen atoms in total. The molecule has 0 saturated heterocycles. The van der Waals surface area contributed by atoms with E-state index in [2.05, 4.69) is 5.32 Å². The SMILES string of the molecule is CC[C@H](C(=O)NC(C)C)N(Cc1ccc(C)cc1)C(=O)CN(c1ccc(F)cc1)S(=O)(=O)c1ccccc1. The first-order valence-electron chi connectivity index (χ1n) is 12.5. The summed E-state index contributed by atoms with van der Waals surface area (Å²) < 4.78 is 42.0. The molecular weight excluding hydrogens is 505 g/mol. The molecule has 0 radical (unpaired) electrons. The minimum Gasteiger partial charge on any atom is -0.352 e. The van der Waals surface area contributed by atoms with E-state index >= 15 is 0 Å². The molecule has 9 heteroatoms. The third kappa shape index (κ3) is 7.19. The van der Waals surface area contributed by atoms with Crippen LogP contribution in [0.25, 0.3) is 0 Å². The number of sulfonamides is 1. The second kappa shape index (κ2) is 12.7. The minimum absolute atomic E-state index is 0.00759. The van der Waals surface area contributed by atoms with Gasteiger partial charge in [-0.05, 0) is 69.2 Å². The summed E-state index contributed by atoms with van der Waals surface area (Å²) in [5.74, 6) is -1.41. The Morgan fingerprint density at radius 1 is 0.921 bits per heavy atom. The van der Waals surface area contributed by atoms with E-state index in [4.69, 9.17) is 0 Å². The van der Waals surface area contributed by atoms with Gasteiger partial charge in [-0.1, -0.05) is 55.0 Å². The number of anilines is 1. The third-order valence-electron chi connectivity index (χ3n) is 6.02. The number of hydrogen-bond donors (Lipinski definition) is 1. The van der Waals surface area contributed by atoms with Crippen LogP contribution in [0.15, 0.2) is 83.8 Å². The van der Waals surface area contributed by atoms with Gasteiger partial charge in [0.1, 0.15) is 18.4 Å². The van der Waals surface area contributed by atoms with Gasteiger partial charge in [-0.3, -0.25) is 13.9 Å². The number of aryl methyl sites for hydroxylation is 1. The van der Waals surface area contributed by atoms with Gasteiger partial charge in [-0.25, -0.2) is 12.8 Å². The second-order valence-electron chi connectivity index (χ2n) is 9.40. The van der Waals surface area contributed by atoms with Crippen molar-refractivity contribution in [3.63, 3.8) is 0 Å². The molecule has 202 valence electrons. The summed E-state index contributed by atoms with van der Waals surface area (Å²) in [6, 6.07) is 19.3. The predicted octanol–water partition coefficient (Wildman–Crippen LogP) is 4.66. The van der Waals surface area contributed by atoms with Crippen LogP contribution in [0.4, 0.5) is 10.1 Å². The van der Waals surface area contributed by atoms with Crippen LogP contribution in [-0.4, -0.2) is 43.8 Å². The minimum atomic E-state index is -4.18. The Kier molecular flexibility index (Phi) is 9.63. The smallest absolute Gasteiger partial charge is 0.264 e. The lowest BCUT2D eigenvalue weighted by atomic mass is 10.1. The molecule has 1 atom stereocenters. The monoisotopic (exact) mass is 539 g/mol. The number of amides is 2. The van der Waals surface area contributed by atoms with Crippen molar-refractivity contribution in [2.45, 2.75) is 57.6 Å². The zero-order chi connectivity index (χ0) is 27.9. The standard InChI is InChI=1S/C29H34FN3O4S/c1-5-27(29(35)31-21(2)3)32(19-23-13-11-22(4)12-14-23)28(34)20-33(25-17-15-24(30)16-18-25)38(36,37)26-9-7-6-8-10-26/h6-18,21,27H,5,19-20H2,1-4H3,(H,31,35)/t27-/m1/s1. The molecule has 0 aromatic heterocycles. The van der Waals surface area contributed by atoms with E-state index in [9.17, 15) is 22.4 Å². The van der Waals surface area contributed by atoms with Crippen molar-refractivity contribution in [3.05, 3.63) is 95.8 Å². The molecule has 0 aliphatic heterocycles. The average molecular weight is 540 g/mol. The van der Waals surface area contributed by atoms with Gasteiger partial charge in [0.25, 0.3) is 10.0 Å². The maximum Gasteiger partial charge on any atom is 0.264 e. The zero-order valence-corrected chi connectivity index (χ0v) is 22.9. The molecule has 3 aromatic carbocycles. The van der Waals surface area contributed by atoms with Crippen LogP contribution in [0, 0.1) is 12.7 Å². The van der Waals surface area contributed by atoms with Crippen molar-refractivity contribution in [1.82, 2.24) is 10.2 Å². The number of carbonyl (C=O) groups is 2. The van der Waals surface area contributed by atoms with Crippen molar-refractivity contribution < 1.29 is 22.4 Å². The fraction of sp³-hybridized carbons (Fsp3) is 0.310. The quantitative estimate of drug-likeness (QED) is 0.384. The zero-order valence-electron chi connectivity index (χ0n) is 22.1. The summed E-state index contributed by atoms with van der Waals surface area (Å²) >= 11 is 0. The molecule has 1 N–H and O–H groups in total. The highest BCUT2D eigenvalue weighted by Crippen LogP contribution is 2.25. The number of hydrogen-bond acceptors (Lipinski definition) is 4. The summed E-state index contributed by atoms with van der Waals surface area (Å²) in [6.45, 7) is 6.97. The lowest BCUT2D eigenvalue weighted by molar-refractivity contribution is -0.140. The summed E-state index contributed by atoms with van der Waals surface area (Å²) in [5, 5.41) is 2.86. The molecule has 3 aromatic rings. The molecule has 3 rings (SSSR count). The van der Waals surface area contributed by atoms with Gasteiger partial charge in [0.2, 0.25) is 11.8 Å². The maximum atomic E-state index is 13.9. The first kappa shape index (κ1) is 28.8. The number of nitrogens with zero attached hydrogens (tertiary/aromatic N) is 2. The van der Waals surface area contributed by atoms with Gasteiger partial charge < -0.3 is 10.2 Å². The van der Waals surface area contributed by atoms with Crippen molar-refractivity contribution in [3.8, 4) is 0 Å². The number of benzene rings is 3. The summed E-state index contributed by atoms with van der Waals surface area (Å²) in [5.41, 5.74) is 1.99. The molecule has 0 bridgehead atoms. The van der Waals surface area contributed by atoms with E-state index in [0.717, 1.165) is 27.6 Å². The number of rotatable bonds is 11. The van der Waals surface area contributed by atoms with Crippen LogP contribution in [-0.2, 0) is 26.2 Å². The van der Waals surface area contributed by atoms with Gasteiger partial charge in [-0.15, -0.1) is 0 Å². The number of carbonyl (C=O) groups excluding carboxylic acids is 2. The number of nitrogens with one attached hydrogen (secondary N) is 1. The Morgan fingerprint density at radius 3 is 2.08 bits per heavy atom. The first-order chi connectivity index (χ1) is 18.0. The van der Waals surface area contributed by atoms with Crippen molar-refractivity contribution in [2.75, 3.05) is 10.8 Å². The molecule has 0 aliphatic rings. The fourth-order valence-corrected chi connectivity index (χ4v) is 5.48. The van der Waals surface area contributed by atoms with E-state index < -0.39 is 34.3 Å². The van der Waals surface area contributed by atoms with Gasteiger partial charge in [0.15, 0.2) is 0 Å². The van der Waals surface area contributed by atoms with E-state index in [1.54, 1.807) is 25.1 Å². The van der Waals surface area contributed by atoms with Gasteiger partial charge in [-0.2, -0.15) is 0 Å². The van der Waals surface area contributed by atoms with Gasteiger partial charge in [0, 0.05) is 12.6 Å². The van der Waals surface area contributed by atoms with Crippen LogP contribution in [0.2, 0.25) is 0 Å². The van der Waals surface area contributed by atoms with Crippen LogP contribution in [0.1, 0.15) is 38.3 Å². The molecule has 38 heavy (non-hydrogen) atoms. The van der Waals surface area contributed by atoms with Crippen LogP contribution >= 0.6 is 0 Å². The molecule has 0 saturated carbocycles. The summed E-state index contributed by atoms with van der Waals surface area (Å²) in [6.07, 6.45) is 0.331. The van der Waals surface area contributed by atoms with Crippen molar-refractivity contribution in [2.24, 2.45) is 0 Å². The number of halogens is 1. The molecule has 0 heterocycles. The largest absolute Gasteiger partial charge is 0.352 e. The fourth-order valence-electron chi connectivity index (χ4n) is 4.05. The molecule has 0 unspecified atom stereocenters. The first-order valence-corrected chi connectivity index (χ1v) is 14.0. The lowest BCUT2D eigenvalue weighted by Gasteiger charge is -2.33. The summed E-state index contributed by atoms with van der Waals surface area (Å²) in [4.78, 5) is 28.4. The topological polar surface area (TPSA) is 86.8 Å². The Labute approximate surface area is 224 Å². The second-order valence-corrected chi connectivity index (χ2v) is 11.3. The van der Waals surface area contributed by atoms with Gasteiger partial charge >= 0.3 is 0 Å². The molecule has 0 fully saturated rings. The summed E-state index contributed by atoms with van der Waals surface area (Å²) in [7, 11) is -4.18. The van der Waals surface area contributed by atoms with E-state index in [1.165, 1.54) is 29.2 Å². The van der Waals surface area contributed by atoms with Gasteiger partial charge in [0.05, 0.1) is 10.6 Å². The Balaban J connectivity index is 2.04. The Hall–Kier alpha value is -3.72. The van der Waals surface area contributed by atoms with E-state index in [1.807, 2.05) is 45.0 Å². The molecule has 0 aliphatic carbocycles. The molecule has 0 spiro atoms. The lowest BCUT2D eigenvalue weighted by Crippen LogP contribution is -2.53. The molecule has 2 amide bonds. The molecular formula is C29H34FN3O4S. The van der Waals surface area contributed by atoms with Crippen molar-refractivity contribution >= 4 is 27.5 Å². The highest BCUT2D eigenvalue weighted by Gasteiger charge is 2.33. The van der Waals surface area contributed by atoms with Crippen LogP contribution < -0.4 is 9.62 Å². The van der Waals surface area contributed by atoms with E-state index in [-0.39, 0.29) is 29.1 Å². The predicted molar refractivity (Wildman–Crippen MR) is 146 cm³/mol. The van der Waals surface area contributed by atoms with Crippen LogP contribution in [0.3, 0.4) is 0 Å². The average Bonchev–Trinajstić information content (AvgIpc) is 2.89. The van der Waals surface area contributed by atoms with Crippen molar-refractivity contribution in [1.29, 1.82) is 0 Å². The maximum absolute atomic E-state index is 13.9. The third-order valence-corrected chi connectivity index (χ3v) is 7.80. The highest BCUT2D eigenvalue weighted by molar-refractivity contribution is 7.92. The highest BCUT2D eigenvalue weighted by atomic mass is 32.2. The normalized spacial score (nSPS) is 12.2.